The molecule has 0 radical (unpaired) electrons. The summed E-state index contributed by atoms with van der Waals surface area (Å²) in [4.78, 5) is 2.60. The molecule has 0 saturated heterocycles. The van der Waals surface area contributed by atoms with Crippen molar-refractivity contribution in [3.63, 3.8) is 0 Å². The maximum Gasteiger partial charge on any atom is -0.00189 e. The van der Waals surface area contributed by atoms with Crippen LogP contribution in [0.1, 0.15) is 66.2 Å². The largest absolute Gasteiger partial charge is 0.316 e. The van der Waals surface area contributed by atoms with Crippen LogP contribution in [0, 0.1) is 5.92 Å². The maximum atomic E-state index is 3.51. The first-order valence-electron chi connectivity index (χ1n) is 8.13. The van der Waals surface area contributed by atoms with Crippen molar-refractivity contribution in [1.82, 2.24) is 10.2 Å². The van der Waals surface area contributed by atoms with E-state index in [1.165, 1.54) is 71.2 Å². The molecule has 2 nitrogen and oxygen atoms in total. The van der Waals surface area contributed by atoms with Gasteiger partial charge in [-0.15, -0.1) is 0 Å². The second kappa shape index (κ2) is 13.4. The molecular weight excluding hydrogens is 220 g/mol. The van der Waals surface area contributed by atoms with E-state index in [-0.39, 0.29) is 0 Å². The number of hydrogen-bond donors (Lipinski definition) is 1. The predicted octanol–water partition coefficient (Wildman–Crippen LogP) is 3.91. The molecule has 1 N–H and O–H groups in total. The van der Waals surface area contributed by atoms with Gasteiger partial charge in [-0.2, -0.15) is 0 Å². The van der Waals surface area contributed by atoms with Crippen LogP contribution in [0.4, 0.5) is 0 Å². The van der Waals surface area contributed by atoms with Gasteiger partial charge in [0.2, 0.25) is 0 Å². The van der Waals surface area contributed by atoms with E-state index < -0.39 is 0 Å². The Morgan fingerprint density at radius 2 is 1.56 bits per heavy atom. The summed E-state index contributed by atoms with van der Waals surface area (Å²) in [5.74, 6) is 0.779. The summed E-state index contributed by atoms with van der Waals surface area (Å²) < 4.78 is 0. The number of rotatable bonds is 13. The van der Waals surface area contributed by atoms with Crippen molar-refractivity contribution in [2.24, 2.45) is 5.92 Å². The lowest BCUT2D eigenvalue weighted by Crippen LogP contribution is -2.25. The number of nitrogens with zero attached hydrogens (tertiary/aromatic N) is 1. The Morgan fingerprint density at radius 3 is 2.17 bits per heavy atom. The van der Waals surface area contributed by atoms with Crippen LogP contribution in [0.3, 0.4) is 0 Å². The van der Waals surface area contributed by atoms with Crippen molar-refractivity contribution in [1.29, 1.82) is 0 Å². The molecule has 0 heterocycles. The zero-order valence-electron chi connectivity index (χ0n) is 13.3. The molecule has 0 aromatic heterocycles. The van der Waals surface area contributed by atoms with E-state index in [1.807, 2.05) is 0 Å². The molecule has 0 aliphatic heterocycles. The minimum absolute atomic E-state index is 0.779. The minimum Gasteiger partial charge on any atom is -0.316 e. The lowest BCUT2D eigenvalue weighted by molar-refractivity contribution is 0.276. The summed E-state index contributed by atoms with van der Waals surface area (Å²) in [6.45, 7) is 15.3. The fraction of sp³-hybridized carbons (Fsp3) is 1.00. The van der Waals surface area contributed by atoms with Gasteiger partial charge in [-0.25, -0.2) is 0 Å². The molecule has 18 heavy (non-hydrogen) atoms. The second-order valence-corrected chi connectivity index (χ2v) is 5.80. The van der Waals surface area contributed by atoms with Crippen molar-refractivity contribution < 1.29 is 0 Å². The molecule has 0 atom stereocenters. The molecule has 0 unspecified atom stereocenters. The van der Waals surface area contributed by atoms with Gasteiger partial charge < -0.3 is 10.2 Å². The molecular formula is C16H36N2. The van der Waals surface area contributed by atoms with Gasteiger partial charge in [0.15, 0.2) is 0 Å². The van der Waals surface area contributed by atoms with Gasteiger partial charge in [0, 0.05) is 0 Å². The summed E-state index contributed by atoms with van der Waals surface area (Å²) in [5, 5.41) is 3.51. The zero-order chi connectivity index (χ0) is 13.6. The quantitative estimate of drug-likeness (QED) is 0.503. The highest BCUT2D eigenvalue weighted by atomic mass is 15.1. The van der Waals surface area contributed by atoms with Crippen LogP contribution in [0.5, 0.6) is 0 Å². The summed E-state index contributed by atoms with van der Waals surface area (Å²) in [5.41, 5.74) is 0. The first-order valence-corrected chi connectivity index (χ1v) is 8.13. The third-order valence-electron chi connectivity index (χ3n) is 3.41. The summed E-state index contributed by atoms with van der Waals surface area (Å²) in [6.07, 6.45) is 8.17. The Kier molecular flexibility index (Phi) is 13.3. The van der Waals surface area contributed by atoms with Crippen LogP contribution in [0.25, 0.3) is 0 Å². The van der Waals surface area contributed by atoms with Gasteiger partial charge in [-0.1, -0.05) is 47.0 Å². The Morgan fingerprint density at radius 1 is 0.889 bits per heavy atom. The van der Waals surface area contributed by atoms with Crippen LogP contribution < -0.4 is 5.32 Å². The minimum atomic E-state index is 0.779. The molecule has 0 aromatic carbocycles. The molecule has 0 amide bonds. The Labute approximate surface area is 116 Å². The Balaban J connectivity index is 3.22. The monoisotopic (exact) mass is 256 g/mol. The molecule has 0 saturated carbocycles. The normalized spacial score (nSPS) is 11.7. The van der Waals surface area contributed by atoms with Gasteiger partial charge in [0.25, 0.3) is 0 Å². The van der Waals surface area contributed by atoms with Gasteiger partial charge in [-0.3, -0.25) is 0 Å². The van der Waals surface area contributed by atoms with Crippen molar-refractivity contribution in [3.8, 4) is 0 Å². The molecule has 0 fully saturated rings. The molecule has 0 aliphatic rings. The van der Waals surface area contributed by atoms with Crippen LogP contribution in [-0.4, -0.2) is 37.6 Å². The van der Waals surface area contributed by atoms with Crippen LogP contribution in [0.15, 0.2) is 0 Å². The SMILES string of the molecule is CCCCN(CC)CCCCCCNCC(C)C. The molecule has 0 rings (SSSR count). The van der Waals surface area contributed by atoms with E-state index >= 15 is 0 Å². The lowest BCUT2D eigenvalue weighted by Gasteiger charge is -2.19. The van der Waals surface area contributed by atoms with Crippen LogP contribution in [-0.2, 0) is 0 Å². The van der Waals surface area contributed by atoms with E-state index in [1.54, 1.807) is 0 Å². The van der Waals surface area contributed by atoms with E-state index in [9.17, 15) is 0 Å². The average Bonchev–Trinajstić information content (AvgIpc) is 2.35. The molecule has 0 spiro atoms. The van der Waals surface area contributed by atoms with Crippen molar-refractivity contribution in [2.75, 3.05) is 32.7 Å². The maximum absolute atomic E-state index is 3.51. The van der Waals surface area contributed by atoms with Gasteiger partial charge >= 0.3 is 0 Å². The highest BCUT2D eigenvalue weighted by molar-refractivity contribution is 4.57. The van der Waals surface area contributed by atoms with Crippen LogP contribution in [0.2, 0.25) is 0 Å². The third-order valence-corrected chi connectivity index (χ3v) is 3.41. The van der Waals surface area contributed by atoms with E-state index in [2.05, 4.69) is 37.9 Å². The van der Waals surface area contributed by atoms with Gasteiger partial charge in [0.05, 0.1) is 0 Å². The Bertz CT molecular complexity index is 157. The standard InChI is InChI=1S/C16H36N2/c1-5-7-13-18(6-2)14-11-9-8-10-12-17-15-16(3)4/h16-17H,5-15H2,1-4H3. The summed E-state index contributed by atoms with van der Waals surface area (Å²) in [7, 11) is 0. The Hall–Kier alpha value is -0.0800. The fourth-order valence-electron chi connectivity index (χ4n) is 2.14. The van der Waals surface area contributed by atoms with Crippen LogP contribution >= 0.6 is 0 Å². The van der Waals surface area contributed by atoms with Crippen molar-refractivity contribution in [2.45, 2.75) is 66.2 Å². The molecule has 0 aliphatic carbocycles. The number of nitrogens with one attached hydrogen (secondary N) is 1. The highest BCUT2D eigenvalue weighted by Crippen LogP contribution is 2.03. The number of hydrogen-bond acceptors (Lipinski definition) is 2. The summed E-state index contributed by atoms with van der Waals surface area (Å²) >= 11 is 0. The molecule has 110 valence electrons. The fourth-order valence-corrected chi connectivity index (χ4v) is 2.14. The number of unbranched alkanes of at least 4 members (excludes halogenated alkanes) is 4. The third kappa shape index (κ3) is 12.4. The van der Waals surface area contributed by atoms with Gasteiger partial charge in [-0.05, 0) is 57.9 Å². The topological polar surface area (TPSA) is 15.3 Å². The van der Waals surface area contributed by atoms with Crippen molar-refractivity contribution in [3.05, 3.63) is 0 Å². The van der Waals surface area contributed by atoms with E-state index in [4.69, 9.17) is 0 Å². The second-order valence-electron chi connectivity index (χ2n) is 5.80. The van der Waals surface area contributed by atoms with Gasteiger partial charge in [0.1, 0.15) is 0 Å². The first kappa shape index (κ1) is 17.9. The average molecular weight is 256 g/mol. The summed E-state index contributed by atoms with van der Waals surface area (Å²) in [6, 6.07) is 0. The molecule has 2 heteroatoms. The van der Waals surface area contributed by atoms with E-state index in [0.717, 1.165) is 5.92 Å². The predicted molar refractivity (Wildman–Crippen MR) is 83.2 cm³/mol. The first-order chi connectivity index (χ1) is 8.70. The van der Waals surface area contributed by atoms with E-state index in [0.29, 0.717) is 0 Å². The highest BCUT2D eigenvalue weighted by Gasteiger charge is 2.00. The lowest BCUT2D eigenvalue weighted by atomic mass is 10.1. The molecule has 0 bridgehead atoms. The van der Waals surface area contributed by atoms with Crippen molar-refractivity contribution >= 4 is 0 Å². The zero-order valence-corrected chi connectivity index (χ0v) is 13.3. The smallest absolute Gasteiger partial charge is 0.00189 e. The molecule has 0 aromatic rings.